The molecule has 92 valence electrons. The Balaban J connectivity index is -0.000000529. The molecule has 0 spiro atoms. The summed E-state index contributed by atoms with van der Waals surface area (Å²) in [7, 11) is 3.59. The molecule has 0 unspecified atom stereocenters. The summed E-state index contributed by atoms with van der Waals surface area (Å²) in [4.78, 5) is 10.1. The fourth-order valence-electron chi connectivity index (χ4n) is 0.665. The molecule has 0 radical (unpaired) electrons. The molecule has 0 aliphatic rings. The summed E-state index contributed by atoms with van der Waals surface area (Å²) in [5.74, 6) is 0.894. The Bertz CT molecular complexity index is 131. The Hall–Kier alpha value is 1.38. The van der Waals surface area contributed by atoms with Gasteiger partial charge in [0.1, 0.15) is 0 Å². The SMILES string of the molecule is CC.CNCCOCCCSN(C)[C-]=O.[K+]. The van der Waals surface area contributed by atoms with Crippen molar-refractivity contribution in [2.75, 3.05) is 39.6 Å². The first-order chi connectivity index (χ1) is 7.31. The second kappa shape index (κ2) is 21.6. The molecule has 0 saturated heterocycles. The zero-order valence-corrected chi connectivity index (χ0v) is 15.1. The van der Waals surface area contributed by atoms with Crippen LogP contribution in [0.2, 0.25) is 0 Å². The number of rotatable bonds is 9. The summed E-state index contributed by atoms with van der Waals surface area (Å²) < 4.78 is 6.73. The Morgan fingerprint density at radius 1 is 1.38 bits per heavy atom. The second-order valence-electron chi connectivity index (χ2n) is 2.49. The van der Waals surface area contributed by atoms with Crippen LogP contribution in [0.5, 0.6) is 0 Å². The maximum atomic E-state index is 10.1. The fraction of sp³-hybridized carbons (Fsp3) is 0.900. The van der Waals surface area contributed by atoms with Crippen LogP contribution in [0.25, 0.3) is 0 Å². The first-order valence-electron chi connectivity index (χ1n) is 5.28. The summed E-state index contributed by atoms with van der Waals surface area (Å²) in [6, 6.07) is 0. The van der Waals surface area contributed by atoms with E-state index in [1.165, 1.54) is 16.3 Å². The smallest absolute Gasteiger partial charge is 0.519 e. The molecular formula is C10H23KN2O2S. The topological polar surface area (TPSA) is 41.6 Å². The van der Waals surface area contributed by atoms with Gasteiger partial charge in [0.15, 0.2) is 0 Å². The van der Waals surface area contributed by atoms with Gasteiger partial charge >= 0.3 is 51.4 Å². The van der Waals surface area contributed by atoms with Crippen molar-refractivity contribution in [1.82, 2.24) is 9.62 Å². The minimum atomic E-state index is 0. The number of likely N-dealkylation sites (N-methyl/N-ethyl adjacent to an activating group) is 1. The van der Waals surface area contributed by atoms with Gasteiger partial charge in [-0.05, 0) is 20.5 Å². The molecule has 0 aliphatic heterocycles. The molecule has 0 aromatic carbocycles. The van der Waals surface area contributed by atoms with Gasteiger partial charge in [0.25, 0.3) is 0 Å². The number of nitrogens with zero attached hydrogens (tertiary/aromatic N) is 1. The molecule has 16 heavy (non-hydrogen) atoms. The minimum absolute atomic E-state index is 0. The molecule has 0 aliphatic carbocycles. The van der Waals surface area contributed by atoms with Gasteiger partial charge in [-0.1, -0.05) is 25.8 Å². The van der Waals surface area contributed by atoms with Crippen LogP contribution in [0.15, 0.2) is 0 Å². The first-order valence-corrected chi connectivity index (χ1v) is 6.22. The van der Waals surface area contributed by atoms with Crippen LogP contribution in [0.1, 0.15) is 20.3 Å². The van der Waals surface area contributed by atoms with Gasteiger partial charge in [-0.3, -0.25) is 0 Å². The zero-order chi connectivity index (χ0) is 11.9. The van der Waals surface area contributed by atoms with E-state index in [2.05, 4.69) is 5.32 Å². The van der Waals surface area contributed by atoms with E-state index in [1.54, 1.807) is 13.5 Å². The van der Waals surface area contributed by atoms with Crippen molar-refractivity contribution in [3.05, 3.63) is 0 Å². The average Bonchev–Trinajstić information content (AvgIpc) is 2.30. The molecule has 0 bridgehead atoms. The monoisotopic (exact) mass is 274 g/mol. The van der Waals surface area contributed by atoms with E-state index in [1.807, 2.05) is 20.9 Å². The van der Waals surface area contributed by atoms with E-state index < -0.39 is 0 Å². The predicted octanol–water partition coefficient (Wildman–Crippen LogP) is -1.71. The fourth-order valence-corrected chi connectivity index (χ4v) is 1.24. The second-order valence-corrected chi connectivity index (χ2v) is 3.71. The normalized spacial score (nSPS) is 8.50. The molecular weight excluding hydrogens is 251 g/mol. The summed E-state index contributed by atoms with van der Waals surface area (Å²) in [6.07, 6.45) is 2.73. The van der Waals surface area contributed by atoms with Crippen molar-refractivity contribution in [3.8, 4) is 0 Å². The van der Waals surface area contributed by atoms with Crippen molar-refractivity contribution in [2.45, 2.75) is 20.3 Å². The van der Waals surface area contributed by atoms with E-state index in [0.29, 0.717) is 0 Å². The minimum Gasteiger partial charge on any atom is -0.519 e. The summed E-state index contributed by atoms with van der Waals surface area (Å²) in [5.41, 5.74) is 0. The standard InChI is InChI=1S/C8H17N2O2S.C2H6.K/c1-9-4-6-12-5-3-7-13-10(2)8-11;1-2;/h9H,3-7H2,1-2H3;1-2H3;/q-1;;+1. The number of ether oxygens (including phenoxy) is 1. The first kappa shape index (κ1) is 22.5. The van der Waals surface area contributed by atoms with Gasteiger partial charge in [0.2, 0.25) is 0 Å². The van der Waals surface area contributed by atoms with Crippen molar-refractivity contribution in [2.24, 2.45) is 0 Å². The number of amides is 1. The van der Waals surface area contributed by atoms with Gasteiger partial charge in [0.05, 0.1) is 6.61 Å². The summed E-state index contributed by atoms with van der Waals surface area (Å²) in [6.45, 7) is 6.38. The Morgan fingerprint density at radius 3 is 2.50 bits per heavy atom. The number of hydrogen-bond acceptors (Lipinski definition) is 4. The molecule has 0 fully saturated rings. The Kier molecular flexibility index (Phi) is 30.5. The van der Waals surface area contributed by atoms with E-state index in [9.17, 15) is 4.79 Å². The van der Waals surface area contributed by atoms with Crippen LogP contribution in [-0.4, -0.2) is 50.3 Å². The zero-order valence-electron chi connectivity index (χ0n) is 11.2. The van der Waals surface area contributed by atoms with E-state index in [4.69, 9.17) is 4.74 Å². The third-order valence-corrected chi connectivity index (χ3v) is 2.28. The number of hydrogen-bond donors (Lipinski definition) is 1. The van der Waals surface area contributed by atoms with E-state index in [-0.39, 0.29) is 51.4 Å². The Labute approximate surface area is 147 Å². The third kappa shape index (κ3) is 20.7. The quantitative estimate of drug-likeness (QED) is 0.179. The third-order valence-electron chi connectivity index (χ3n) is 1.34. The maximum Gasteiger partial charge on any atom is 1.00 e. The van der Waals surface area contributed by atoms with Gasteiger partial charge in [-0.15, -0.1) is 0 Å². The van der Waals surface area contributed by atoms with Gasteiger partial charge in [0, 0.05) is 18.9 Å². The van der Waals surface area contributed by atoms with Gasteiger partial charge < -0.3 is 19.2 Å². The van der Waals surface area contributed by atoms with E-state index in [0.717, 1.165) is 31.9 Å². The van der Waals surface area contributed by atoms with Crippen molar-refractivity contribution in [3.63, 3.8) is 0 Å². The van der Waals surface area contributed by atoms with Crippen LogP contribution in [-0.2, 0) is 9.53 Å². The summed E-state index contributed by atoms with van der Waals surface area (Å²) >= 11 is 1.45. The van der Waals surface area contributed by atoms with Gasteiger partial charge in [-0.25, -0.2) is 0 Å². The predicted molar refractivity (Wildman–Crippen MR) is 66.6 cm³/mol. The van der Waals surface area contributed by atoms with Crippen LogP contribution in [0, 0.1) is 0 Å². The molecule has 6 heteroatoms. The van der Waals surface area contributed by atoms with Crippen LogP contribution < -0.4 is 56.7 Å². The van der Waals surface area contributed by atoms with E-state index >= 15 is 0 Å². The van der Waals surface area contributed by atoms with Crippen molar-refractivity contribution >= 4 is 18.4 Å². The van der Waals surface area contributed by atoms with Crippen LogP contribution >= 0.6 is 11.9 Å². The Morgan fingerprint density at radius 2 is 2.00 bits per heavy atom. The van der Waals surface area contributed by atoms with Crippen molar-refractivity contribution < 1.29 is 60.9 Å². The summed E-state index contributed by atoms with van der Waals surface area (Å²) in [5, 5.41) is 3.00. The number of carbonyl (C=O) groups excluding carboxylic acids is 1. The average molecular weight is 274 g/mol. The molecule has 0 atom stereocenters. The molecule has 1 N–H and O–H groups in total. The molecule has 0 aromatic heterocycles. The maximum absolute atomic E-state index is 10.1. The molecule has 0 heterocycles. The molecule has 4 nitrogen and oxygen atoms in total. The van der Waals surface area contributed by atoms with Crippen LogP contribution in [0.3, 0.4) is 0 Å². The van der Waals surface area contributed by atoms with Crippen LogP contribution in [0.4, 0.5) is 0 Å². The number of nitrogens with one attached hydrogen (secondary N) is 1. The van der Waals surface area contributed by atoms with Gasteiger partial charge in [-0.2, -0.15) is 6.41 Å². The molecule has 0 rings (SSSR count). The molecule has 0 aromatic rings. The molecule has 0 saturated carbocycles. The van der Waals surface area contributed by atoms with Crippen molar-refractivity contribution in [1.29, 1.82) is 0 Å². The largest absolute Gasteiger partial charge is 1.00 e. The molecule has 1 amide bonds.